The highest BCUT2D eigenvalue weighted by atomic mass is 35.5. The number of anilines is 1. The zero-order valence-corrected chi connectivity index (χ0v) is 18.2. The van der Waals surface area contributed by atoms with Gasteiger partial charge in [-0.1, -0.05) is 11.6 Å². The highest BCUT2D eigenvalue weighted by molar-refractivity contribution is 7.99. The minimum atomic E-state index is -0.0557. The molecule has 0 aliphatic heterocycles. The number of halogens is 1. The summed E-state index contributed by atoms with van der Waals surface area (Å²) in [6.07, 6.45) is 0.405. The van der Waals surface area contributed by atoms with Gasteiger partial charge in [0.05, 0.1) is 17.1 Å². The van der Waals surface area contributed by atoms with E-state index in [1.54, 1.807) is 23.1 Å². The molecule has 0 aliphatic rings. The van der Waals surface area contributed by atoms with E-state index in [1.807, 2.05) is 41.8 Å². The van der Waals surface area contributed by atoms with E-state index in [0.717, 1.165) is 20.3 Å². The van der Waals surface area contributed by atoms with Gasteiger partial charge in [0.25, 0.3) is 0 Å². The number of rotatable bonds is 8. The molecule has 0 spiro atoms. The van der Waals surface area contributed by atoms with Crippen molar-refractivity contribution in [2.24, 2.45) is 0 Å². The molecule has 1 aromatic carbocycles. The van der Waals surface area contributed by atoms with Crippen molar-refractivity contribution >= 4 is 63.0 Å². The molecule has 2 aromatic heterocycles. The second-order valence-electron chi connectivity index (χ2n) is 5.81. The first-order chi connectivity index (χ1) is 13.5. The topological polar surface area (TPSA) is 71.1 Å². The SMILES string of the molecule is CC(=O)NCc1ccc(-c2csc(NC(=O)CCSc3ccc(Cl)cc3)n2)s1. The van der Waals surface area contributed by atoms with Crippen LogP contribution in [-0.4, -0.2) is 22.6 Å². The van der Waals surface area contributed by atoms with E-state index in [0.29, 0.717) is 28.9 Å². The zero-order valence-electron chi connectivity index (χ0n) is 15.0. The maximum Gasteiger partial charge on any atom is 0.226 e. The lowest BCUT2D eigenvalue weighted by Crippen LogP contribution is -2.17. The molecule has 146 valence electrons. The van der Waals surface area contributed by atoms with E-state index in [9.17, 15) is 9.59 Å². The summed E-state index contributed by atoms with van der Waals surface area (Å²) in [5.41, 5.74) is 0.829. The number of carbonyl (C=O) groups is 2. The van der Waals surface area contributed by atoms with Gasteiger partial charge in [-0.15, -0.1) is 34.4 Å². The highest BCUT2D eigenvalue weighted by Crippen LogP contribution is 2.31. The van der Waals surface area contributed by atoms with E-state index in [4.69, 9.17) is 11.6 Å². The molecule has 9 heteroatoms. The molecule has 0 unspecified atom stereocenters. The molecule has 2 N–H and O–H groups in total. The molecule has 0 saturated carbocycles. The molecule has 0 bridgehead atoms. The molecule has 0 atom stereocenters. The molecule has 0 saturated heterocycles. The molecule has 3 rings (SSSR count). The lowest BCUT2D eigenvalue weighted by Gasteiger charge is -2.02. The number of aromatic nitrogens is 1. The van der Waals surface area contributed by atoms with E-state index in [1.165, 1.54) is 18.3 Å². The van der Waals surface area contributed by atoms with Crippen LogP contribution in [0, 0.1) is 0 Å². The Bertz CT molecular complexity index is 954. The normalized spacial score (nSPS) is 10.6. The fraction of sp³-hybridized carbons (Fsp3) is 0.211. The molecular weight excluding hydrogens is 434 g/mol. The maximum atomic E-state index is 12.1. The first-order valence-corrected chi connectivity index (χ1v) is 11.5. The Labute approximate surface area is 180 Å². The molecule has 28 heavy (non-hydrogen) atoms. The Hall–Kier alpha value is -1.87. The number of thiazole rings is 1. The van der Waals surface area contributed by atoms with Gasteiger partial charge in [0.1, 0.15) is 0 Å². The molecule has 3 aromatic rings. The minimum absolute atomic E-state index is 0.0529. The number of benzene rings is 1. The van der Waals surface area contributed by atoms with Gasteiger partial charge < -0.3 is 10.6 Å². The minimum Gasteiger partial charge on any atom is -0.351 e. The summed E-state index contributed by atoms with van der Waals surface area (Å²) in [5, 5.41) is 8.85. The quantitative estimate of drug-likeness (QED) is 0.457. The molecule has 0 aliphatic carbocycles. The molecule has 0 radical (unpaired) electrons. The number of thioether (sulfide) groups is 1. The number of hydrogen-bond donors (Lipinski definition) is 2. The standard InChI is InChI=1S/C19H18ClN3O2S3/c1-12(24)21-10-15-6-7-17(28-15)16-11-27-19(22-16)23-18(25)8-9-26-14-4-2-13(20)3-5-14/h2-7,11H,8-10H2,1H3,(H,21,24)(H,22,23,25). The molecule has 2 heterocycles. The molecule has 5 nitrogen and oxygen atoms in total. The third kappa shape index (κ3) is 6.34. The molecule has 0 fully saturated rings. The van der Waals surface area contributed by atoms with E-state index < -0.39 is 0 Å². The Balaban J connectivity index is 1.47. The number of amides is 2. The number of thiophene rings is 1. The van der Waals surface area contributed by atoms with Crippen LogP contribution >= 0.6 is 46.0 Å². The predicted molar refractivity (Wildman–Crippen MR) is 118 cm³/mol. The third-order valence-corrected chi connectivity index (χ3v) is 6.72. The van der Waals surface area contributed by atoms with E-state index in [2.05, 4.69) is 15.6 Å². The van der Waals surface area contributed by atoms with Crippen molar-refractivity contribution in [3.63, 3.8) is 0 Å². The lowest BCUT2D eigenvalue weighted by atomic mass is 10.3. The second kappa shape index (κ2) is 10.1. The van der Waals surface area contributed by atoms with Gasteiger partial charge in [0, 0.05) is 39.3 Å². The number of carbonyl (C=O) groups excluding carboxylic acids is 2. The van der Waals surface area contributed by atoms with Gasteiger partial charge in [-0.2, -0.15) is 0 Å². The van der Waals surface area contributed by atoms with Crippen LogP contribution in [-0.2, 0) is 16.1 Å². The first-order valence-electron chi connectivity index (χ1n) is 8.47. The number of nitrogens with one attached hydrogen (secondary N) is 2. The average molecular weight is 452 g/mol. The van der Waals surface area contributed by atoms with Gasteiger partial charge >= 0.3 is 0 Å². The van der Waals surface area contributed by atoms with Crippen LogP contribution in [0.25, 0.3) is 10.6 Å². The van der Waals surface area contributed by atoms with Crippen molar-refractivity contribution in [1.82, 2.24) is 10.3 Å². The Morgan fingerprint density at radius 2 is 1.96 bits per heavy atom. The summed E-state index contributed by atoms with van der Waals surface area (Å²) in [6.45, 7) is 2.01. The van der Waals surface area contributed by atoms with Crippen molar-refractivity contribution in [2.45, 2.75) is 24.8 Å². The second-order valence-corrected chi connectivity index (χ2v) is 9.45. The van der Waals surface area contributed by atoms with E-state index in [-0.39, 0.29) is 11.8 Å². The zero-order chi connectivity index (χ0) is 19.9. The summed E-state index contributed by atoms with van der Waals surface area (Å²) in [6, 6.07) is 11.5. The first kappa shape index (κ1) is 20.9. The summed E-state index contributed by atoms with van der Waals surface area (Å²) in [7, 11) is 0. The van der Waals surface area contributed by atoms with Crippen LogP contribution in [0.3, 0.4) is 0 Å². The van der Waals surface area contributed by atoms with Gasteiger partial charge in [-0.05, 0) is 36.4 Å². The monoisotopic (exact) mass is 451 g/mol. The lowest BCUT2D eigenvalue weighted by molar-refractivity contribution is -0.119. The molecular formula is C19H18ClN3O2S3. The largest absolute Gasteiger partial charge is 0.351 e. The van der Waals surface area contributed by atoms with Crippen molar-refractivity contribution in [3.8, 4) is 10.6 Å². The Morgan fingerprint density at radius 1 is 1.18 bits per heavy atom. The van der Waals surface area contributed by atoms with Crippen LogP contribution in [0.15, 0.2) is 46.7 Å². The van der Waals surface area contributed by atoms with Crippen LogP contribution < -0.4 is 10.6 Å². The van der Waals surface area contributed by atoms with Gasteiger partial charge in [0.2, 0.25) is 11.8 Å². The van der Waals surface area contributed by atoms with E-state index >= 15 is 0 Å². The summed E-state index contributed by atoms with van der Waals surface area (Å²) < 4.78 is 0. The van der Waals surface area contributed by atoms with Gasteiger partial charge in [-0.25, -0.2) is 4.98 Å². The van der Waals surface area contributed by atoms with Gasteiger partial charge in [0.15, 0.2) is 5.13 Å². The smallest absolute Gasteiger partial charge is 0.226 e. The van der Waals surface area contributed by atoms with Crippen molar-refractivity contribution < 1.29 is 9.59 Å². The fourth-order valence-corrected chi connectivity index (χ4v) is 4.93. The van der Waals surface area contributed by atoms with Crippen LogP contribution in [0.5, 0.6) is 0 Å². The third-order valence-electron chi connectivity index (χ3n) is 3.59. The Morgan fingerprint density at radius 3 is 2.71 bits per heavy atom. The molecule has 2 amide bonds. The van der Waals surface area contributed by atoms with Crippen molar-refractivity contribution in [1.29, 1.82) is 0 Å². The maximum absolute atomic E-state index is 12.1. The van der Waals surface area contributed by atoms with Gasteiger partial charge in [-0.3, -0.25) is 9.59 Å². The summed E-state index contributed by atoms with van der Waals surface area (Å²) in [5.74, 6) is 0.575. The van der Waals surface area contributed by atoms with Crippen LogP contribution in [0.4, 0.5) is 5.13 Å². The summed E-state index contributed by atoms with van der Waals surface area (Å²) in [4.78, 5) is 30.8. The average Bonchev–Trinajstić information content (AvgIpc) is 3.31. The predicted octanol–water partition coefficient (Wildman–Crippen LogP) is 5.28. The number of nitrogens with zero attached hydrogens (tertiary/aromatic N) is 1. The van der Waals surface area contributed by atoms with Crippen LogP contribution in [0.1, 0.15) is 18.2 Å². The summed E-state index contributed by atoms with van der Waals surface area (Å²) >= 11 is 10.5. The van der Waals surface area contributed by atoms with Crippen LogP contribution in [0.2, 0.25) is 5.02 Å². The van der Waals surface area contributed by atoms with Crippen molar-refractivity contribution in [2.75, 3.05) is 11.1 Å². The highest BCUT2D eigenvalue weighted by Gasteiger charge is 2.10. The fourth-order valence-electron chi connectivity index (χ4n) is 2.24. The number of hydrogen-bond acceptors (Lipinski definition) is 6. The Kier molecular flexibility index (Phi) is 7.50. The van der Waals surface area contributed by atoms with Crippen molar-refractivity contribution in [3.05, 3.63) is 51.7 Å².